The molecule has 0 fully saturated rings. The van der Waals surface area contributed by atoms with E-state index in [9.17, 15) is 4.39 Å². The van der Waals surface area contributed by atoms with Gasteiger partial charge in [-0.2, -0.15) is 10.1 Å². The van der Waals surface area contributed by atoms with E-state index in [4.69, 9.17) is 5.73 Å². The molecule has 0 aliphatic rings. The van der Waals surface area contributed by atoms with Crippen LogP contribution in [-0.4, -0.2) is 30.1 Å². The molecule has 124 valence electrons. The van der Waals surface area contributed by atoms with Crippen molar-refractivity contribution in [3.63, 3.8) is 0 Å². The summed E-state index contributed by atoms with van der Waals surface area (Å²) in [7, 11) is 0. The van der Waals surface area contributed by atoms with E-state index in [1.165, 1.54) is 12.1 Å². The number of benzene rings is 1. The summed E-state index contributed by atoms with van der Waals surface area (Å²) >= 11 is 0. The first-order valence-corrected chi connectivity index (χ1v) is 7.47. The summed E-state index contributed by atoms with van der Waals surface area (Å²) < 4.78 is 13.2. The number of nitrogen functional groups attached to an aromatic ring is 1. The van der Waals surface area contributed by atoms with E-state index in [0.29, 0.717) is 34.9 Å². The average Bonchev–Trinajstić information content (AvgIpc) is 3.03. The Labute approximate surface area is 141 Å². The third-order valence-electron chi connectivity index (χ3n) is 3.58. The van der Waals surface area contributed by atoms with Crippen LogP contribution in [0.3, 0.4) is 0 Å². The number of nitrogens with zero attached hydrogens (tertiary/aromatic N) is 5. The molecule has 4 aromatic rings. The quantitative estimate of drug-likeness (QED) is 0.522. The monoisotopic (exact) mass is 336 g/mol. The molecule has 3 aromatic heterocycles. The molecule has 3 heterocycles. The Kier molecular flexibility index (Phi) is 3.65. The van der Waals surface area contributed by atoms with Gasteiger partial charge in [0.05, 0.1) is 16.8 Å². The highest BCUT2D eigenvalue weighted by Gasteiger charge is 2.11. The first-order chi connectivity index (χ1) is 12.2. The Morgan fingerprint density at radius 3 is 2.96 bits per heavy atom. The second kappa shape index (κ2) is 6.11. The van der Waals surface area contributed by atoms with E-state index in [0.717, 1.165) is 5.56 Å². The maximum Gasteiger partial charge on any atom is 0.223 e. The smallest absolute Gasteiger partial charge is 0.223 e. The first-order valence-electron chi connectivity index (χ1n) is 7.47. The zero-order chi connectivity index (χ0) is 17.2. The number of fused-ring (bicyclic) bond motifs is 1. The molecule has 0 amide bonds. The fraction of sp³-hybridized carbons (Fsp3) is 0.0625. The van der Waals surface area contributed by atoms with Crippen LogP contribution in [0.2, 0.25) is 0 Å². The van der Waals surface area contributed by atoms with Gasteiger partial charge in [0.25, 0.3) is 0 Å². The molecule has 0 saturated heterocycles. The van der Waals surface area contributed by atoms with Gasteiger partial charge in [-0.1, -0.05) is 12.1 Å². The predicted molar refractivity (Wildman–Crippen MR) is 90.8 cm³/mol. The Hall–Kier alpha value is -3.62. The molecule has 0 unspecified atom stereocenters. The van der Waals surface area contributed by atoms with E-state index < -0.39 is 0 Å². The van der Waals surface area contributed by atoms with Gasteiger partial charge in [0.15, 0.2) is 5.65 Å². The third kappa shape index (κ3) is 3.07. The van der Waals surface area contributed by atoms with Crippen molar-refractivity contribution in [2.75, 3.05) is 11.1 Å². The van der Waals surface area contributed by atoms with Crippen molar-refractivity contribution in [3.8, 4) is 11.4 Å². The minimum atomic E-state index is -0.280. The number of rotatable bonds is 4. The lowest BCUT2D eigenvalue weighted by Crippen LogP contribution is -2.04. The van der Waals surface area contributed by atoms with Crippen molar-refractivity contribution in [2.45, 2.75) is 6.54 Å². The number of hydrogen-bond donors (Lipinski definition) is 3. The van der Waals surface area contributed by atoms with Gasteiger partial charge in [-0.15, -0.1) is 0 Å². The second-order valence-corrected chi connectivity index (χ2v) is 5.31. The number of aromatic amines is 1. The van der Waals surface area contributed by atoms with Crippen molar-refractivity contribution >= 4 is 22.9 Å². The highest BCUT2D eigenvalue weighted by Crippen LogP contribution is 2.23. The number of H-pyrrole nitrogens is 1. The summed E-state index contributed by atoms with van der Waals surface area (Å²) in [6, 6.07) is 8.09. The number of nitrogens with two attached hydrogens (primary N) is 1. The summed E-state index contributed by atoms with van der Waals surface area (Å²) in [5.41, 5.74) is 8.13. The second-order valence-electron chi connectivity index (χ2n) is 5.31. The molecule has 8 nitrogen and oxygen atoms in total. The van der Waals surface area contributed by atoms with Gasteiger partial charge in [0.1, 0.15) is 5.82 Å². The largest absolute Gasteiger partial charge is 0.368 e. The van der Waals surface area contributed by atoms with Gasteiger partial charge in [-0.25, -0.2) is 19.3 Å². The number of aromatic nitrogens is 6. The lowest BCUT2D eigenvalue weighted by Gasteiger charge is -2.06. The van der Waals surface area contributed by atoms with Gasteiger partial charge >= 0.3 is 0 Å². The minimum absolute atomic E-state index is 0.158. The number of halogens is 1. The number of hydrogen-bond acceptors (Lipinski definition) is 7. The minimum Gasteiger partial charge on any atom is -0.368 e. The van der Waals surface area contributed by atoms with Crippen LogP contribution in [0.5, 0.6) is 0 Å². The molecule has 4 N–H and O–H groups in total. The van der Waals surface area contributed by atoms with Crippen LogP contribution >= 0.6 is 0 Å². The molecule has 1 aromatic carbocycles. The number of anilines is 2. The Morgan fingerprint density at radius 2 is 2.08 bits per heavy atom. The fourth-order valence-electron chi connectivity index (χ4n) is 2.42. The summed E-state index contributed by atoms with van der Waals surface area (Å²) in [5, 5.41) is 10.8. The fourth-order valence-corrected chi connectivity index (χ4v) is 2.42. The SMILES string of the molecule is Nc1ncc2c(-c3ccnc(NCc4cccc(F)c4)n3)[nH]nc2n1. The predicted octanol–water partition coefficient (Wildman–Crippen LogP) is 2.14. The molecule has 0 bridgehead atoms. The standard InChI is InChI=1S/C16H13FN8/c17-10-3-1-2-9(6-10)7-21-16-19-5-4-12(22-16)13-11-8-20-15(18)23-14(11)25-24-13/h1-6,8H,7H2,(H,19,21,22)(H3,18,20,23,24,25). The maximum atomic E-state index is 13.2. The molecule has 0 radical (unpaired) electrons. The lowest BCUT2D eigenvalue weighted by molar-refractivity contribution is 0.626. The molecule has 0 aliphatic heterocycles. The molecule has 0 saturated carbocycles. The van der Waals surface area contributed by atoms with E-state index in [-0.39, 0.29) is 11.8 Å². The van der Waals surface area contributed by atoms with Gasteiger partial charge in [-0.05, 0) is 23.8 Å². The van der Waals surface area contributed by atoms with E-state index in [1.807, 2.05) is 6.07 Å². The van der Waals surface area contributed by atoms with Crippen molar-refractivity contribution in [3.05, 3.63) is 54.1 Å². The summed E-state index contributed by atoms with van der Waals surface area (Å²) in [6.45, 7) is 0.407. The summed E-state index contributed by atoms with van der Waals surface area (Å²) in [4.78, 5) is 16.7. The van der Waals surface area contributed by atoms with Gasteiger partial charge in [-0.3, -0.25) is 5.10 Å². The lowest BCUT2D eigenvalue weighted by atomic mass is 10.2. The average molecular weight is 336 g/mol. The normalized spacial score (nSPS) is 10.9. The van der Waals surface area contributed by atoms with Gasteiger partial charge in [0.2, 0.25) is 11.9 Å². The molecule has 0 aliphatic carbocycles. The highest BCUT2D eigenvalue weighted by molar-refractivity contribution is 5.89. The molecule has 25 heavy (non-hydrogen) atoms. The maximum absolute atomic E-state index is 13.2. The topological polar surface area (TPSA) is 118 Å². The molecule has 0 spiro atoms. The van der Waals surface area contributed by atoms with Gasteiger partial charge in [0, 0.05) is 18.9 Å². The molecule has 4 rings (SSSR count). The van der Waals surface area contributed by atoms with Crippen LogP contribution in [0.1, 0.15) is 5.56 Å². The van der Waals surface area contributed by atoms with Crippen LogP contribution in [0.4, 0.5) is 16.3 Å². The third-order valence-corrected chi connectivity index (χ3v) is 3.58. The number of nitrogens with one attached hydrogen (secondary N) is 2. The molecular formula is C16H13FN8. The van der Waals surface area contributed by atoms with Crippen molar-refractivity contribution in [1.82, 2.24) is 30.1 Å². The van der Waals surface area contributed by atoms with Crippen LogP contribution in [0.25, 0.3) is 22.4 Å². The van der Waals surface area contributed by atoms with Crippen LogP contribution < -0.4 is 11.1 Å². The Balaban J connectivity index is 1.60. The molecule has 9 heteroatoms. The van der Waals surface area contributed by atoms with E-state index >= 15 is 0 Å². The zero-order valence-electron chi connectivity index (χ0n) is 12.9. The summed E-state index contributed by atoms with van der Waals surface area (Å²) in [5.74, 6) is 0.295. The van der Waals surface area contributed by atoms with E-state index in [1.54, 1.807) is 24.5 Å². The summed E-state index contributed by atoms with van der Waals surface area (Å²) in [6.07, 6.45) is 3.22. The molecular weight excluding hydrogens is 323 g/mol. The van der Waals surface area contributed by atoms with Crippen molar-refractivity contribution < 1.29 is 4.39 Å². The first kappa shape index (κ1) is 14.9. The van der Waals surface area contributed by atoms with Crippen LogP contribution in [-0.2, 0) is 6.54 Å². The van der Waals surface area contributed by atoms with Crippen molar-refractivity contribution in [2.24, 2.45) is 0 Å². The Bertz CT molecular complexity index is 1050. The zero-order valence-corrected chi connectivity index (χ0v) is 12.9. The highest BCUT2D eigenvalue weighted by atomic mass is 19.1. The molecule has 0 atom stereocenters. The van der Waals surface area contributed by atoms with Gasteiger partial charge < -0.3 is 11.1 Å². The van der Waals surface area contributed by atoms with Crippen molar-refractivity contribution in [1.29, 1.82) is 0 Å². The van der Waals surface area contributed by atoms with Crippen LogP contribution in [0.15, 0.2) is 42.7 Å². The Morgan fingerprint density at radius 1 is 1.16 bits per heavy atom. The van der Waals surface area contributed by atoms with E-state index in [2.05, 4.69) is 35.5 Å². The van der Waals surface area contributed by atoms with Crippen LogP contribution in [0, 0.1) is 5.82 Å².